The van der Waals surface area contributed by atoms with Crippen LogP contribution >= 0.6 is 11.6 Å². The molecule has 1 rings (SSSR count). The Morgan fingerprint density at radius 2 is 2.31 bits per heavy atom. The lowest BCUT2D eigenvalue weighted by molar-refractivity contribution is -0.125. The molecule has 0 aromatic carbocycles. The van der Waals surface area contributed by atoms with E-state index in [9.17, 15) is 4.79 Å². The van der Waals surface area contributed by atoms with Crippen LogP contribution in [0.15, 0.2) is 6.20 Å². The number of nitrogens with two attached hydrogens (primary N) is 1. The third-order valence-electron chi connectivity index (χ3n) is 2.54. The van der Waals surface area contributed by atoms with Crippen molar-refractivity contribution in [3.05, 3.63) is 17.2 Å². The molecular formula is C10H17ClN4O. The van der Waals surface area contributed by atoms with Gasteiger partial charge in [-0.1, -0.05) is 11.6 Å². The van der Waals surface area contributed by atoms with E-state index in [0.717, 1.165) is 5.82 Å². The fraction of sp³-hybridized carbons (Fsp3) is 0.600. The van der Waals surface area contributed by atoms with Gasteiger partial charge in [0.1, 0.15) is 11.0 Å². The molecule has 0 aliphatic carbocycles. The van der Waals surface area contributed by atoms with E-state index in [4.69, 9.17) is 17.3 Å². The maximum absolute atomic E-state index is 11.1. The second-order valence-electron chi connectivity index (χ2n) is 4.41. The third-order valence-corrected chi connectivity index (χ3v) is 2.90. The number of primary amides is 1. The van der Waals surface area contributed by atoms with Gasteiger partial charge in [-0.05, 0) is 13.8 Å². The zero-order valence-electron chi connectivity index (χ0n) is 9.75. The van der Waals surface area contributed by atoms with E-state index in [1.807, 2.05) is 7.05 Å². The second-order valence-corrected chi connectivity index (χ2v) is 4.80. The molecule has 1 aromatic heterocycles. The number of aromatic nitrogens is 2. The van der Waals surface area contributed by atoms with Crippen molar-refractivity contribution < 1.29 is 4.79 Å². The number of halogens is 1. The number of rotatable bonds is 5. The molecule has 1 amide bonds. The van der Waals surface area contributed by atoms with Gasteiger partial charge in [0.25, 0.3) is 0 Å². The predicted octanol–water partition coefficient (Wildman–Crippen LogP) is 0.675. The summed E-state index contributed by atoms with van der Waals surface area (Å²) < 4.78 is 1.78. The first kappa shape index (κ1) is 13.0. The molecule has 0 saturated heterocycles. The molecule has 0 aliphatic rings. The normalized spacial score (nSPS) is 11.8. The zero-order valence-corrected chi connectivity index (χ0v) is 10.5. The topological polar surface area (TPSA) is 72.9 Å². The Labute approximate surface area is 100.0 Å². The molecule has 0 saturated carbocycles. The molecule has 5 nitrogen and oxygen atoms in total. The quantitative estimate of drug-likeness (QED) is 0.800. The van der Waals surface area contributed by atoms with Crippen molar-refractivity contribution in [1.29, 1.82) is 0 Å². The molecule has 0 unspecified atom stereocenters. The van der Waals surface area contributed by atoms with Gasteiger partial charge in [-0.15, -0.1) is 0 Å². The van der Waals surface area contributed by atoms with Gasteiger partial charge in [-0.3, -0.25) is 4.79 Å². The maximum Gasteiger partial charge on any atom is 0.224 e. The van der Waals surface area contributed by atoms with Gasteiger partial charge in [0.15, 0.2) is 0 Å². The fourth-order valence-corrected chi connectivity index (χ4v) is 1.31. The number of imidazole rings is 1. The lowest BCUT2D eigenvalue weighted by Gasteiger charge is -2.20. The van der Waals surface area contributed by atoms with E-state index in [-0.39, 0.29) is 5.91 Å². The number of nitrogens with one attached hydrogen (secondary N) is 1. The summed E-state index contributed by atoms with van der Waals surface area (Å²) >= 11 is 5.85. The number of amides is 1. The first-order valence-electron chi connectivity index (χ1n) is 5.01. The van der Waals surface area contributed by atoms with E-state index in [0.29, 0.717) is 18.2 Å². The minimum absolute atomic E-state index is 0.321. The first-order chi connectivity index (χ1) is 7.34. The minimum atomic E-state index is -0.561. The summed E-state index contributed by atoms with van der Waals surface area (Å²) in [5, 5.41) is 3.72. The molecule has 90 valence electrons. The zero-order chi connectivity index (χ0) is 12.3. The Balaban J connectivity index is 2.48. The molecule has 6 heteroatoms. The Bertz CT molecular complexity index is 386. The smallest absolute Gasteiger partial charge is 0.224 e. The van der Waals surface area contributed by atoms with Crippen LogP contribution < -0.4 is 11.1 Å². The van der Waals surface area contributed by atoms with Crippen LogP contribution in [0.2, 0.25) is 5.15 Å². The molecule has 1 heterocycles. The van der Waals surface area contributed by atoms with Gasteiger partial charge in [-0.25, -0.2) is 4.98 Å². The van der Waals surface area contributed by atoms with Crippen LogP contribution in [0, 0.1) is 5.41 Å². The molecule has 1 aromatic rings. The van der Waals surface area contributed by atoms with Crippen LogP contribution in [0.4, 0.5) is 0 Å². The second kappa shape index (κ2) is 4.84. The highest BCUT2D eigenvalue weighted by atomic mass is 35.5. The summed E-state index contributed by atoms with van der Waals surface area (Å²) in [6.45, 7) is 4.66. The van der Waals surface area contributed by atoms with Crippen LogP contribution in [0.5, 0.6) is 0 Å². The lowest BCUT2D eigenvalue weighted by Crippen LogP contribution is -2.40. The third kappa shape index (κ3) is 2.96. The fourth-order valence-electron chi connectivity index (χ4n) is 1.16. The van der Waals surface area contributed by atoms with Crippen molar-refractivity contribution in [2.24, 2.45) is 18.2 Å². The number of hydrogen-bond donors (Lipinski definition) is 2. The average Bonchev–Trinajstić information content (AvgIpc) is 2.49. The molecule has 0 radical (unpaired) electrons. The molecule has 0 aliphatic heterocycles. The molecule has 0 fully saturated rings. The van der Waals surface area contributed by atoms with E-state index in [1.165, 1.54) is 0 Å². The van der Waals surface area contributed by atoms with Gasteiger partial charge < -0.3 is 15.6 Å². The van der Waals surface area contributed by atoms with Gasteiger partial charge >= 0.3 is 0 Å². The van der Waals surface area contributed by atoms with Crippen LogP contribution in [-0.4, -0.2) is 22.0 Å². The van der Waals surface area contributed by atoms with E-state index >= 15 is 0 Å². The van der Waals surface area contributed by atoms with Crippen molar-refractivity contribution >= 4 is 17.5 Å². The van der Waals surface area contributed by atoms with Crippen molar-refractivity contribution in [2.75, 3.05) is 6.54 Å². The minimum Gasteiger partial charge on any atom is -0.369 e. The first-order valence-corrected chi connectivity index (χ1v) is 5.39. The number of carbonyl (C=O) groups is 1. The van der Waals surface area contributed by atoms with Gasteiger partial charge in [0.2, 0.25) is 5.91 Å². The van der Waals surface area contributed by atoms with Gasteiger partial charge in [-0.2, -0.15) is 0 Å². The highest BCUT2D eigenvalue weighted by Gasteiger charge is 2.24. The molecule has 0 atom stereocenters. The van der Waals surface area contributed by atoms with Crippen molar-refractivity contribution in [1.82, 2.24) is 14.9 Å². The molecular weight excluding hydrogens is 228 g/mol. The van der Waals surface area contributed by atoms with Gasteiger partial charge in [0.05, 0.1) is 18.2 Å². The maximum atomic E-state index is 11.1. The van der Waals surface area contributed by atoms with Gasteiger partial charge in [0, 0.05) is 13.6 Å². The monoisotopic (exact) mass is 244 g/mol. The summed E-state index contributed by atoms with van der Waals surface area (Å²) in [4.78, 5) is 15.2. The summed E-state index contributed by atoms with van der Waals surface area (Å²) in [6.07, 6.45) is 1.60. The standard InChI is InChI=1S/C10H17ClN4O/c1-10(2,9(12)16)6-13-5-8-14-4-7(11)15(8)3/h4,13H,5-6H2,1-3H3,(H2,12,16). The number of carbonyl (C=O) groups excluding carboxylic acids is 1. The van der Waals surface area contributed by atoms with Crippen LogP contribution in [-0.2, 0) is 18.4 Å². The van der Waals surface area contributed by atoms with Crippen molar-refractivity contribution in [3.8, 4) is 0 Å². The van der Waals surface area contributed by atoms with Crippen LogP contribution in [0.3, 0.4) is 0 Å². The van der Waals surface area contributed by atoms with Crippen LogP contribution in [0.25, 0.3) is 0 Å². The predicted molar refractivity (Wildman–Crippen MR) is 62.9 cm³/mol. The summed E-state index contributed by atoms with van der Waals surface area (Å²) in [6, 6.07) is 0. The summed E-state index contributed by atoms with van der Waals surface area (Å²) in [5.41, 5.74) is 4.70. The summed E-state index contributed by atoms with van der Waals surface area (Å²) in [7, 11) is 1.84. The Morgan fingerprint density at radius 1 is 1.69 bits per heavy atom. The number of hydrogen-bond acceptors (Lipinski definition) is 3. The lowest BCUT2D eigenvalue weighted by atomic mass is 9.93. The summed E-state index contributed by atoms with van der Waals surface area (Å²) in [5.74, 6) is 0.503. The SMILES string of the molecule is Cn1c(Cl)cnc1CNCC(C)(C)C(N)=O. The van der Waals surface area contributed by atoms with E-state index < -0.39 is 5.41 Å². The van der Waals surface area contributed by atoms with Crippen molar-refractivity contribution in [3.63, 3.8) is 0 Å². The Hall–Kier alpha value is -1.07. The molecule has 0 spiro atoms. The van der Waals surface area contributed by atoms with Crippen LogP contribution in [0.1, 0.15) is 19.7 Å². The Morgan fingerprint density at radius 3 is 2.75 bits per heavy atom. The largest absolute Gasteiger partial charge is 0.369 e. The van der Waals surface area contributed by atoms with Crippen molar-refractivity contribution in [2.45, 2.75) is 20.4 Å². The molecule has 16 heavy (non-hydrogen) atoms. The highest BCUT2D eigenvalue weighted by Crippen LogP contribution is 2.13. The molecule has 3 N–H and O–H groups in total. The van der Waals surface area contributed by atoms with E-state index in [1.54, 1.807) is 24.6 Å². The molecule has 0 bridgehead atoms. The highest BCUT2D eigenvalue weighted by molar-refractivity contribution is 6.29. The number of nitrogens with zero attached hydrogens (tertiary/aromatic N) is 2. The van der Waals surface area contributed by atoms with E-state index in [2.05, 4.69) is 10.3 Å². The Kier molecular flexibility index (Phi) is 3.93. The average molecular weight is 245 g/mol.